The minimum Gasteiger partial charge on any atom is -0.321 e. The third kappa shape index (κ3) is 4.31. The maximum atomic E-state index is 12.5. The maximum Gasteiger partial charge on any atom is 0.266 e. The van der Waals surface area contributed by atoms with E-state index >= 15 is 0 Å². The molecule has 27 heavy (non-hydrogen) atoms. The van der Waals surface area contributed by atoms with Crippen LogP contribution in [0.4, 0.5) is 5.69 Å². The normalized spacial score (nSPS) is 11.3. The highest BCUT2D eigenvalue weighted by molar-refractivity contribution is 6.10. The first-order valence-corrected chi connectivity index (χ1v) is 8.70. The van der Waals surface area contributed by atoms with E-state index in [0.29, 0.717) is 17.2 Å². The van der Waals surface area contributed by atoms with E-state index in [0.717, 1.165) is 11.3 Å². The highest BCUT2D eigenvalue weighted by atomic mass is 16.1. The monoisotopic (exact) mass is 356 g/mol. The third-order valence-corrected chi connectivity index (χ3v) is 4.23. The summed E-state index contributed by atoms with van der Waals surface area (Å²) in [6.45, 7) is 4.22. The number of hydrogen-bond acceptors (Lipinski definition) is 3. The Kier molecular flexibility index (Phi) is 5.48. The molecule has 0 spiro atoms. The number of amides is 1. The van der Waals surface area contributed by atoms with Crippen molar-refractivity contribution >= 4 is 17.7 Å². The Labute approximate surface area is 158 Å². The number of nitriles is 1. The number of nitrogens with one attached hydrogen (secondary N) is 2. The molecule has 0 aliphatic heterocycles. The Morgan fingerprint density at radius 2 is 1.85 bits per heavy atom. The van der Waals surface area contributed by atoms with Crippen molar-refractivity contribution in [3.63, 3.8) is 0 Å². The molecule has 1 heterocycles. The first-order chi connectivity index (χ1) is 13.1. The van der Waals surface area contributed by atoms with Crippen LogP contribution in [0.3, 0.4) is 0 Å². The first kappa shape index (κ1) is 18.2. The Bertz CT molecular complexity index is 993. The van der Waals surface area contributed by atoms with E-state index in [4.69, 9.17) is 0 Å². The van der Waals surface area contributed by atoms with Crippen LogP contribution in [0.2, 0.25) is 0 Å². The van der Waals surface area contributed by atoms with E-state index in [-0.39, 0.29) is 5.57 Å². The standard InChI is InChI=1S/C22H20N4O/c1-15(2)16-8-10-20(11-9-16)25-22(27)18(13-23)12-19-14-24-26-21(19)17-6-4-3-5-7-17/h3-12,14-15H,1-2H3,(H,24,26)(H,25,27)/b18-12-. The molecule has 0 atom stereocenters. The van der Waals surface area contributed by atoms with Gasteiger partial charge in [-0.2, -0.15) is 10.4 Å². The van der Waals surface area contributed by atoms with Gasteiger partial charge in [-0.15, -0.1) is 0 Å². The largest absolute Gasteiger partial charge is 0.321 e. The topological polar surface area (TPSA) is 81.6 Å². The number of aromatic nitrogens is 2. The molecule has 0 saturated carbocycles. The van der Waals surface area contributed by atoms with Crippen LogP contribution in [0.25, 0.3) is 17.3 Å². The van der Waals surface area contributed by atoms with Gasteiger partial charge in [0.05, 0.1) is 11.9 Å². The maximum absolute atomic E-state index is 12.5. The second-order valence-corrected chi connectivity index (χ2v) is 6.47. The molecule has 0 aliphatic carbocycles. The van der Waals surface area contributed by atoms with Gasteiger partial charge in [0.1, 0.15) is 11.6 Å². The van der Waals surface area contributed by atoms with Gasteiger partial charge in [-0.1, -0.05) is 56.3 Å². The molecule has 0 aliphatic rings. The van der Waals surface area contributed by atoms with E-state index in [1.807, 2.05) is 60.7 Å². The van der Waals surface area contributed by atoms with Crippen molar-refractivity contribution in [2.75, 3.05) is 5.32 Å². The smallest absolute Gasteiger partial charge is 0.266 e. The zero-order valence-electron chi connectivity index (χ0n) is 15.2. The molecule has 0 bridgehead atoms. The molecular weight excluding hydrogens is 336 g/mol. The molecule has 0 saturated heterocycles. The number of carbonyl (C=O) groups excluding carboxylic acids is 1. The minimum atomic E-state index is -0.449. The van der Waals surface area contributed by atoms with Crippen molar-refractivity contribution < 1.29 is 4.79 Å². The number of benzene rings is 2. The van der Waals surface area contributed by atoms with Crippen LogP contribution in [0.1, 0.15) is 30.9 Å². The highest BCUT2D eigenvalue weighted by Gasteiger charge is 2.13. The molecule has 0 unspecified atom stereocenters. The zero-order valence-corrected chi connectivity index (χ0v) is 15.2. The van der Waals surface area contributed by atoms with Gasteiger partial charge in [-0.25, -0.2) is 0 Å². The Balaban J connectivity index is 1.82. The van der Waals surface area contributed by atoms with Gasteiger partial charge >= 0.3 is 0 Å². The van der Waals surface area contributed by atoms with Gasteiger partial charge in [0.2, 0.25) is 0 Å². The number of carbonyl (C=O) groups is 1. The predicted molar refractivity (Wildman–Crippen MR) is 107 cm³/mol. The molecule has 1 aromatic heterocycles. The van der Waals surface area contributed by atoms with E-state index < -0.39 is 5.91 Å². The van der Waals surface area contributed by atoms with Crippen molar-refractivity contribution in [3.05, 3.63) is 77.5 Å². The second kappa shape index (κ2) is 8.15. The number of anilines is 1. The summed E-state index contributed by atoms with van der Waals surface area (Å²) >= 11 is 0. The lowest BCUT2D eigenvalue weighted by Gasteiger charge is -2.08. The van der Waals surface area contributed by atoms with Gasteiger partial charge in [-0.05, 0) is 29.7 Å². The van der Waals surface area contributed by atoms with Crippen LogP contribution in [-0.4, -0.2) is 16.1 Å². The van der Waals surface area contributed by atoms with Crippen LogP contribution < -0.4 is 5.32 Å². The zero-order chi connectivity index (χ0) is 19.2. The fourth-order valence-corrected chi connectivity index (χ4v) is 2.69. The van der Waals surface area contributed by atoms with Crippen molar-refractivity contribution in [2.24, 2.45) is 0 Å². The van der Waals surface area contributed by atoms with Crippen molar-refractivity contribution in [1.82, 2.24) is 10.2 Å². The highest BCUT2D eigenvalue weighted by Crippen LogP contribution is 2.23. The summed E-state index contributed by atoms with van der Waals surface area (Å²) in [5.74, 6) is -0.0307. The summed E-state index contributed by atoms with van der Waals surface area (Å²) in [6.07, 6.45) is 3.15. The summed E-state index contributed by atoms with van der Waals surface area (Å²) in [4.78, 5) is 12.5. The van der Waals surface area contributed by atoms with Crippen LogP contribution in [0.15, 0.2) is 66.4 Å². The molecular formula is C22H20N4O. The van der Waals surface area contributed by atoms with Crippen LogP contribution in [-0.2, 0) is 4.79 Å². The number of aromatic amines is 1. The van der Waals surface area contributed by atoms with Crippen LogP contribution in [0, 0.1) is 11.3 Å². The molecule has 2 aromatic carbocycles. The summed E-state index contributed by atoms with van der Waals surface area (Å²) < 4.78 is 0. The third-order valence-electron chi connectivity index (χ3n) is 4.23. The summed E-state index contributed by atoms with van der Waals surface area (Å²) in [5, 5.41) is 19.2. The van der Waals surface area contributed by atoms with E-state index in [9.17, 15) is 10.1 Å². The molecule has 0 radical (unpaired) electrons. The van der Waals surface area contributed by atoms with Crippen LogP contribution in [0.5, 0.6) is 0 Å². The molecule has 5 nitrogen and oxygen atoms in total. The minimum absolute atomic E-state index is 0.0153. The predicted octanol–water partition coefficient (Wildman–Crippen LogP) is 4.75. The van der Waals surface area contributed by atoms with Gasteiger partial charge in [-0.3, -0.25) is 9.89 Å². The lowest BCUT2D eigenvalue weighted by Crippen LogP contribution is -2.13. The summed E-state index contributed by atoms with van der Waals surface area (Å²) in [7, 11) is 0. The molecule has 0 fully saturated rings. The van der Waals surface area contributed by atoms with Crippen LogP contribution >= 0.6 is 0 Å². The van der Waals surface area contributed by atoms with E-state index in [1.54, 1.807) is 12.3 Å². The number of rotatable bonds is 5. The Morgan fingerprint density at radius 3 is 2.48 bits per heavy atom. The van der Waals surface area contributed by atoms with E-state index in [1.165, 1.54) is 5.56 Å². The Hall–Kier alpha value is -3.65. The lowest BCUT2D eigenvalue weighted by molar-refractivity contribution is -0.112. The van der Waals surface area contributed by atoms with Crippen molar-refractivity contribution in [1.29, 1.82) is 5.26 Å². The first-order valence-electron chi connectivity index (χ1n) is 8.70. The second-order valence-electron chi connectivity index (χ2n) is 6.47. The van der Waals surface area contributed by atoms with Gasteiger partial charge in [0.25, 0.3) is 5.91 Å². The molecule has 5 heteroatoms. The fourth-order valence-electron chi connectivity index (χ4n) is 2.69. The molecule has 1 amide bonds. The SMILES string of the molecule is CC(C)c1ccc(NC(=O)/C(C#N)=C\c2cn[nH]c2-c2ccccc2)cc1. The number of hydrogen-bond donors (Lipinski definition) is 2. The molecule has 3 rings (SSSR count). The van der Waals surface area contributed by atoms with Crippen molar-refractivity contribution in [3.8, 4) is 17.3 Å². The van der Waals surface area contributed by atoms with Gasteiger partial charge in [0, 0.05) is 16.8 Å². The van der Waals surface area contributed by atoms with Crippen molar-refractivity contribution in [2.45, 2.75) is 19.8 Å². The fraction of sp³-hybridized carbons (Fsp3) is 0.136. The molecule has 2 N–H and O–H groups in total. The van der Waals surface area contributed by atoms with Gasteiger partial charge < -0.3 is 5.32 Å². The quantitative estimate of drug-likeness (QED) is 0.511. The molecule has 134 valence electrons. The lowest BCUT2D eigenvalue weighted by atomic mass is 10.0. The van der Waals surface area contributed by atoms with E-state index in [2.05, 4.69) is 29.4 Å². The number of H-pyrrole nitrogens is 1. The average molecular weight is 356 g/mol. The van der Waals surface area contributed by atoms with Gasteiger partial charge in [0.15, 0.2) is 0 Å². The Morgan fingerprint density at radius 1 is 1.15 bits per heavy atom. The molecule has 3 aromatic rings. The summed E-state index contributed by atoms with van der Waals surface area (Å²) in [5.41, 5.74) is 4.24. The number of nitrogens with zero attached hydrogens (tertiary/aromatic N) is 2. The average Bonchev–Trinajstić information content (AvgIpc) is 3.15. The summed E-state index contributed by atoms with van der Waals surface area (Å²) in [6, 6.07) is 19.2.